The minimum Gasteiger partial charge on any atom is -0.459 e. The molecular weight excluding hydrogens is 225 g/mol. The topological polar surface area (TPSA) is 55.4 Å². The van der Waals surface area contributed by atoms with Crippen LogP contribution in [0.5, 0.6) is 0 Å². The number of carbonyl (C=O) groups excluding carboxylic acids is 2. The van der Waals surface area contributed by atoms with Crippen LogP contribution in [0.1, 0.15) is 18.1 Å². The average Bonchev–Trinajstić information content (AvgIpc) is 2.30. The fourth-order valence-corrected chi connectivity index (χ4v) is 1.27. The number of carbonyl (C=O) groups is 2. The number of aryl methyl sites for hydroxylation is 1. The second kappa shape index (κ2) is 5.98. The summed E-state index contributed by atoms with van der Waals surface area (Å²) in [6.45, 7) is 3.57. The number of amides is 1. The smallest absolute Gasteiger partial charge is 0.396 e. The predicted molar refractivity (Wildman–Crippen MR) is 59.6 cm³/mol. The Labute approximate surface area is 98.8 Å². The number of hydrogen-bond donors (Lipinski definition) is 1. The zero-order chi connectivity index (χ0) is 12.8. The van der Waals surface area contributed by atoms with Crippen LogP contribution in [0.3, 0.4) is 0 Å². The van der Waals surface area contributed by atoms with Crippen LogP contribution in [0, 0.1) is 12.7 Å². The number of nitrogens with one attached hydrogen (secondary N) is 1. The van der Waals surface area contributed by atoms with Crippen LogP contribution in [0.2, 0.25) is 0 Å². The molecule has 1 amide bonds. The summed E-state index contributed by atoms with van der Waals surface area (Å²) >= 11 is 0. The number of rotatable bonds is 3. The van der Waals surface area contributed by atoms with Crippen molar-refractivity contribution >= 4 is 11.9 Å². The Kier molecular flexibility index (Phi) is 4.63. The van der Waals surface area contributed by atoms with E-state index in [4.69, 9.17) is 0 Å². The van der Waals surface area contributed by atoms with Gasteiger partial charge in [0, 0.05) is 6.54 Å². The van der Waals surface area contributed by atoms with Gasteiger partial charge in [0.2, 0.25) is 0 Å². The molecule has 0 atom stereocenters. The monoisotopic (exact) mass is 239 g/mol. The number of benzene rings is 1. The molecule has 0 saturated carbocycles. The molecule has 0 heterocycles. The highest BCUT2D eigenvalue weighted by molar-refractivity contribution is 6.32. The number of halogens is 1. The van der Waals surface area contributed by atoms with Crippen LogP contribution in [0.15, 0.2) is 18.2 Å². The second-order valence-electron chi connectivity index (χ2n) is 3.49. The highest BCUT2D eigenvalue weighted by atomic mass is 19.1. The van der Waals surface area contributed by atoms with E-state index in [0.717, 1.165) is 5.56 Å². The Balaban J connectivity index is 2.53. The van der Waals surface area contributed by atoms with Crippen molar-refractivity contribution in [3.8, 4) is 0 Å². The molecule has 0 aliphatic rings. The van der Waals surface area contributed by atoms with Crippen LogP contribution in [-0.4, -0.2) is 18.5 Å². The molecule has 0 aliphatic heterocycles. The summed E-state index contributed by atoms with van der Waals surface area (Å²) in [7, 11) is 0. The molecule has 0 saturated heterocycles. The van der Waals surface area contributed by atoms with Crippen LogP contribution in [-0.2, 0) is 20.9 Å². The minimum atomic E-state index is -0.911. The lowest BCUT2D eigenvalue weighted by Gasteiger charge is -2.05. The van der Waals surface area contributed by atoms with Crippen molar-refractivity contribution in [2.45, 2.75) is 20.4 Å². The molecule has 17 heavy (non-hydrogen) atoms. The molecule has 1 aromatic carbocycles. The highest BCUT2D eigenvalue weighted by Gasteiger charge is 2.13. The Hall–Kier alpha value is -1.91. The van der Waals surface area contributed by atoms with Crippen molar-refractivity contribution in [1.82, 2.24) is 5.32 Å². The van der Waals surface area contributed by atoms with Gasteiger partial charge in [-0.05, 0) is 31.0 Å². The second-order valence-corrected chi connectivity index (χ2v) is 3.49. The molecule has 92 valence electrons. The van der Waals surface area contributed by atoms with Crippen molar-refractivity contribution in [1.29, 1.82) is 0 Å². The summed E-state index contributed by atoms with van der Waals surface area (Å²) in [5.41, 5.74) is 1.22. The van der Waals surface area contributed by atoms with Crippen LogP contribution in [0.25, 0.3) is 0 Å². The normalized spacial score (nSPS) is 9.82. The highest BCUT2D eigenvalue weighted by Crippen LogP contribution is 2.08. The first-order valence-electron chi connectivity index (χ1n) is 5.24. The van der Waals surface area contributed by atoms with E-state index in [2.05, 4.69) is 10.1 Å². The quantitative estimate of drug-likeness (QED) is 0.639. The van der Waals surface area contributed by atoms with Crippen molar-refractivity contribution in [3.63, 3.8) is 0 Å². The first-order chi connectivity index (χ1) is 8.04. The average molecular weight is 239 g/mol. The fourth-order valence-electron chi connectivity index (χ4n) is 1.27. The molecule has 0 aliphatic carbocycles. The van der Waals surface area contributed by atoms with Gasteiger partial charge in [-0.2, -0.15) is 0 Å². The molecular formula is C12H14FNO3. The van der Waals surface area contributed by atoms with Gasteiger partial charge in [-0.15, -0.1) is 0 Å². The fraction of sp³-hybridized carbons (Fsp3) is 0.333. The van der Waals surface area contributed by atoms with Crippen molar-refractivity contribution in [2.75, 3.05) is 6.61 Å². The molecule has 0 unspecified atom stereocenters. The SMILES string of the molecule is CCOC(=O)C(=O)NCc1ccc(F)c(C)c1. The van der Waals surface area contributed by atoms with Gasteiger partial charge >= 0.3 is 11.9 Å². The molecule has 0 aromatic heterocycles. The van der Waals surface area contributed by atoms with Crippen molar-refractivity contribution in [3.05, 3.63) is 35.1 Å². The molecule has 0 bridgehead atoms. The maximum absolute atomic E-state index is 13.0. The third kappa shape index (κ3) is 3.86. The largest absolute Gasteiger partial charge is 0.459 e. The van der Waals surface area contributed by atoms with Gasteiger partial charge in [0.1, 0.15) is 5.82 Å². The van der Waals surface area contributed by atoms with E-state index in [1.54, 1.807) is 26.0 Å². The van der Waals surface area contributed by atoms with Gasteiger partial charge in [0.15, 0.2) is 0 Å². The lowest BCUT2D eigenvalue weighted by molar-refractivity contribution is -0.154. The van der Waals surface area contributed by atoms with Gasteiger partial charge in [0.05, 0.1) is 6.61 Å². The zero-order valence-electron chi connectivity index (χ0n) is 9.75. The number of ether oxygens (including phenoxy) is 1. The Morgan fingerprint density at radius 3 is 2.71 bits per heavy atom. The molecule has 0 fully saturated rings. The van der Waals surface area contributed by atoms with Crippen molar-refractivity contribution < 1.29 is 18.7 Å². The van der Waals surface area contributed by atoms with E-state index in [1.165, 1.54) is 6.07 Å². The first-order valence-corrected chi connectivity index (χ1v) is 5.24. The van der Waals surface area contributed by atoms with E-state index in [1.807, 2.05) is 0 Å². The Morgan fingerprint density at radius 2 is 2.12 bits per heavy atom. The van der Waals surface area contributed by atoms with Crippen LogP contribution < -0.4 is 5.32 Å². The molecule has 1 rings (SSSR count). The van der Waals surface area contributed by atoms with Gasteiger partial charge in [-0.1, -0.05) is 12.1 Å². The van der Waals surface area contributed by atoms with E-state index in [0.29, 0.717) is 5.56 Å². The standard InChI is InChI=1S/C12H14FNO3/c1-3-17-12(16)11(15)14-7-9-4-5-10(13)8(2)6-9/h4-6H,3,7H2,1-2H3,(H,14,15). The van der Waals surface area contributed by atoms with Gasteiger partial charge < -0.3 is 10.1 Å². The lowest BCUT2D eigenvalue weighted by atomic mass is 10.1. The van der Waals surface area contributed by atoms with Gasteiger partial charge in [0.25, 0.3) is 0 Å². The Bertz CT molecular complexity index is 432. The molecule has 1 N–H and O–H groups in total. The summed E-state index contributed by atoms with van der Waals surface area (Å²) in [5.74, 6) is -2.01. The van der Waals surface area contributed by atoms with Gasteiger partial charge in [-0.3, -0.25) is 4.79 Å². The lowest BCUT2D eigenvalue weighted by Crippen LogP contribution is -2.32. The third-order valence-electron chi connectivity index (χ3n) is 2.14. The molecule has 0 radical (unpaired) electrons. The van der Waals surface area contributed by atoms with Crippen molar-refractivity contribution in [2.24, 2.45) is 0 Å². The number of hydrogen-bond acceptors (Lipinski definition) is 3. The summed E-state index contributed by atoms with van der Waals surface area (Å²) in [4.78, 5) is 22.2. The minimum absolute atomic E-state index is 0.155. The van der Waals surface area contributed by atoms with E-state index < -0.39 is 11.9 Å². The van der Waals surface area contributed by atoms with E-state index >= 15 is 0 Å². The Morgan fingerprint density at radius 1 is 1.41 bits per heavy atom. The predicted octanol–water partition coefficient (Wildman–Crippen LogP) is 1.31. The van der Waals surface area contributed by atoms with Crippen LogP contribution in [0.4, 0.5) is 4.39 Å². The van der Waals surface area contributed by atoms with Gasteiger partial charge in [-0.25, -0.2) is 9.18 Å². The van der Waals surface area contributed by atoms with Crippen LogP contribution >= 0.6 is 0 Å². The number of esters is 1. The summed E-state index contributed by atoms with van der Waals surface area (Å²) in [6, 6.07) is 4.48. The zero-order valence-corrected chi connectivity index (χ0v) is 9.75. The molecule has 1 aromatic rings. The molecule has 0 spiro atoms. The third-order valence-corrected chi connectivity index (χ3v) is 2.14. The maximum Gasteiger partial charge on any atom is 0.396 e. The van der Waals surface area contributed by atoms with E-state index in [-0.39, 0.29) is 19.0 Å². The summed E-state index contributed by atoms with van der Waals surface area (Å²) < 4.78 is 17.5. The molecule has 4 nitrogen and oxygen atoms in total. The maximum atomic E-state index is 13.0. The first kappa shape index (κ1) is 13.2. The van der Waals surface area contributed by atoms with E-state index in [9.17, 15) is 14.0 Å². The molecule has 5 heteroatoms. The summed E-state index contributed by atoms with van der Waals surface area (Å²) in [6.07, 6.45) is 0. The summed E-state index contributed by atoms with van der Waals surface area (Å²) in [5, 5.41) is 2.39.